The lowest BCUT2D eigenvalue weighted by molar-refractivity contribution is 0.845. The van der Waals surface area contributed by atoms with Crippen molar-refractivity contribution in [3.8, 4) is 0 Å². The molecule has 0 N–H and O–H groups in total. The molecule has 0 heterocycles. The van der Waals surface area contributed by atoms with Crippen molar-refractivity contribution in [1.82, 2.24) is 0 Å². The van der Waals surface area contributed by atoms with E-state index >= 15 is 0 Å². The standard InChI is InChI=1S/C9H12/c1-9-7-5-3-2-4-6-8-9/h2-3,5,7H,1,4,6,8H2/b3-2+,7-5-. The van der Waals surface area contributed by atoms with Gasteiger partial charge >= 0.3 is 0 Å². The third kappa shape index (κ3) is 2.31. The summed E-state index contributed by atoms with van der Waals surface area (Å²) in [6.45, 7) is 3.90. The first kappa shape index (κ1) is 6.34. The molecule has 0 radical (unpaired) electrons. The van der Waals surface area contributed by atoms with Gasteiger partial charge in [0.15, 0.2) is 0 Å². The third-order valence-corrected chi connectivity index (χ3v) is 1.45. The van der Waals surface area contributed by atoms with Crippen LogP contribution in [0.2, 0.25) is 0 Å². The number of allylic oxidation sites excluding steroid dienone is 5. The van der Waals surface area contributed by atoms with E-state index in [1.165, 1.54) is 18.4 Å². The molecule has 0 saturated carbocycles. The molecule has 0 fully saturated rings. The van der Waals surface area contributed by atoms with Crippen molar-refractivity contribution in [2.24, 2.45) is 0 Å². The van der Waals surface area contributed by atoms with Crippen LogP contribution in [-0.2, 0) is 0 Å². The summed E-state index contributed by atoms with van der Waals surface area (Å²) in [6.07, 6.45) is 12.0. The molecular weight excluding hydrogens is 108 g/mol. The van der Waals surface area contributed by atoms with Crippen LogP contribution in [0.1, 0.15) is 19.3 Å². The van der Waals surface area contributed by atoms with Crippen LogP contribution in [0.25, 0.3) is 0 Å². The Bertz CT molecular complexity index is 149. The molecule has 0 nitrogen and oxygen atoms in total. The Morgan fingerprint density at radius 3 is 3.11 bits per heavy atom. The first-order chi connectivity index (χ1) is 4.39. The minimum atomic E-state index is 1.15. The summed E-state index contributed by atoms with van der Waals surface area (Å²) in [6, 6.07) is 0. The highest BCUT2D eigenvalue weighted by atomic mass is 13.9. The highest BCUT2D eigenvalue weighted by Gasteiger charge is 1.89. The maximum atomic E-state index is 3.90. The summed E-state index contributed by atoms with van der Waals surface area (Å²) in [5, 5.41) is 0. The van der Waals surface area contributed by atoms with Gasteiger partial charge in [0.25, 0.3) is 0 Å². The topological polar surface area (TPSA) is 0 Å². The molecule has 0 aromatic heterocycles. The van der Waals surface area contributed by atoms with Crippen LogP contribution in [0, 0.1) is 0 Å². The van der Waals surface area contributed by atoms with Crippen LogP contribution in [0.15, 0.2) is 36.5 Å². The molecule has 0 atom stereocenters. The summed E-state index contributed by atoms with van der Waals surface area (Å²) in [5.74, 6) is 0. The van der Waals surface area contributed by atoms with Gasteiger partial charge in [0.05, 0.1) is 0 Å². The molecule has 0 bridgehead atoms. The molecular formula is C9H12. The second-order valence-electron chi connectivity index (χ2n) is 2.34. The molecule has 1 aliphatic carbocycles. The molecule has 1 rings (SSSR count). The van der Waals surface area contributed by atoms with E-state index in [0.29, 0.717) is 0 Å². The average molecular weight is 120 g/mol. The summed E-state index contributed by atoms with van der Waals surface area (Å²) >= 11 is 0. The molecule has 0 unspecified atom stereocenters. The minimum absolute atomic E-state index is 1.15. The Kier molecular flexibility index (Phi) is 2.32. The minimum Gasteiger partial charge on any atom is -0.0958 e. The van der Waals surface area contributed by atoms with Gasteiger partial charge in [-0.2, -0.15) is 0 Å². The van der Waals surface area contributed by atoms with Gasteiger partial charge < -0.3 is 0 Å². The fourth-order valence-electron chi connectivity index (χ4n) is 0.897. The van der Waals surface area contributed by atoms with E-state index in [-0.39, 0.29) is 0 Å². The lowest BCUT2D eigenvalue weighted by Crippen LogP contribution is -1.78. The third-order valence-electron chi connectivity index (χ3n) is 1.45. The van der Waals surface area contributed by atoms with Crippen LogP contribution < -0.4 is 0 Å². The van der Waals surface area contributed by atoms with Gasteiger partial charge in [-0.3, -0.25) is 0 Å². The highest BCUT2D eigenvalue weighted by molar-refractivity contribution is 5.20. The Morgan fingerprint density at radius 2 is 2.22 bits per heavy atom. The van der Waals surface area contributed by atoms with Crippen LogP contribution in [-0.4, -0.2) is 0 Å². The first-order valence-corrected chi connectivity index (χ1v) is 3.40. The SMILES string of the molecule is C=C1/C=C\C=C\CCC1. The van der Waals surface area contributed by atoms with Crippen LogP contribution in [0.4, 0.5) is 0 Å². The average Bonchev–Trinajstić information content (AvgIpc) is 1.79. The summed E-state index contributed by atoms with van der Waals surface area (Å²) in [5.41, 5.74) is 1.25. The second-order valence-corrected chi connectivity index (χ2v) is 2.34. The summed E-state index contributed by atoms with van der Waals surface area (Å²) < 4.78 is 0. The zero-order valence-electron chi connectivity index (χ0n) is 5.64. The Balaban J connectivity index is 2.54. The Labute approximate surface area is 56.6 Å². The van der Waals surface area contributed by atoms with E-state index in [1.54, 1.807) is 0 Å². The second kappa shape index (κ2) is 3.29. The lowest BCUT2D eigenvalue weighted by Gasteiger charge is -1.98. The zero-order chi connectivity index (χ0) is 6.53. The Hall–Kier alpha value is -0.780. The molecule has 0 aromatic carbocycles. The first-order valence-electron chi connectivity index (χ1n) is 3.40. The van der Waals surface area contributed by atoms with Crippen molar-refractivity contribution in [3.63, 3.8) is 0 Å². The van der Waals surface area contributed by atoms with Gasteiger partial charge in [-0.15, -0.1) is 0 Å². The predicted molar refractivity (Wildman–Crippen MR) is 41.3 cm³/mol. The molecule has 1 aliphatic rings. The molecule has 0 saturated heterocycles. The normalized spacial score (nSPS) is 26.4. The summed E-state index contributed by atoms with van der Waals surface area (Å²) in [7, 11) is 0. The van der Waals surface area contributed by atoms with E-state index < -0.39 is 0 Å². The van der Waals surface area contributed by atoms with Crippen molar-refractivity contribution < 1.29 is 0 Å². The zero-order valence-corrected chi connectivity index (χ0v) is 5.64. The predicted octanol–water partition coefficient (Wildman–Crippen LogP) is 2.84. The van der Waals surface area contributed by atoms with Crippen molar-refractivity contribution in [2.45, 2.75) is 19.3 Å². The van der Waals surface area contributed by atoms with Crippen LogP contribution >= 0.6 is 0 Å². The van der Waals surface area contributed by atoms with Gasteiger partial charge in [0.2, 0.25) is 0 Å². The van der Waals surface area contributed by atoms with Gasteiger partial charge in [-0.05, 0) is 19.3 Å². The molecule has 48 valence electrons. The van der Waals surface area contributed by atoms with Crippen LogP contribution in [0.3, 0.4) is 0 Å². The Morgan fingerprint density at radius 1 is 1.33 bits per heavy atom. The van der Waals surface area contributed by atoms with Crippen molar-refractivity contribution >= 4 is 0 Å². The molecule has 0 aromatic rings. The van der Waals surface area contributed by atoms with Crippen LogP contribution in [0.5, 0.6) is 0 Å². The molecule has 0 spiro atoms. The maximum Gasteiger partial charge on any atom is -0.0282 e. The number of rotatable bonds is 0. The smallest absolute Gasteiger partial charge is 0.0282 e. The van der Waals surface area contributed by atoms with E-state index in [4.69, 9.17) is 0 Å². The van der Waals surface area contributed by atoms with E-state index in [0.717, 1.165) is 6.42 Å². The van der Waals surface area contributed by atoms with E-state index in [9.17, 15) is 0 Å². The quantitative estimate of drug-likeness (QED) is 0.461. The van der Waals surface area contributed by atoms with Gasteiger partial charge in [0.1, 0.15) is 0 Å². The van der Waals surface area contributed by atoms with Crippen molar-refractivity contribution in [3.05, 3.63) is 36.5 Å². The van der Waals surface area contributed by atoms with E-state index in [2.05, 4.69) is 30.9 Å². The van der Waals surface area contributed by atoms with Crippen molar-refractivity contribution in [2.75, 3.05) is 0 Å². The van der Waals surface area contributed by atoms with E-state index in [1.807, 2.05) is 0 Å². The lowest BCUT2D eigenvalue weighted by atomic mass is 10.1. The number of hydrogen-bond donors (Lipinski definition) is 0. The van der Waals surface area contributed by atoms with Gasteiger partial charge in [0, 0.05) is 0 Å². The molecule has 9 heavy (non-hydrogen) atoms. The summed E-state index contributed by atoms with van der Waals surface area (Å²) in [4.78, 5) is 0. The monoisotopic (exact) mass is 120 g/mol. The largest absolute Gasteiger partial charge is 0.0958 e. The maximum absolute atomic E-state index is 3.90. The molecule has 0 amide bonds. The fraction of sp³-hybridized carbons (Fsp3) is 0.333. The molecule has 0 heteroatoms. The number of hydrogen-bond acceptors (Lipinski definition) is 0. The highest BCUT2D eigenvalue weighted by Crippen LogP contribution is 2.09. The van der Waals surface area contributed by atoms with Crippen molar-refractivity contribution in [1.29, 1.82) is 0 Å². The fourth-order valence-corrected chi connectivity index (χ4v) is 0.897. The van der Waals surface area contributed by atoms with Gasteiger partial charge in [-0.25, -0.2) is 0 Å². The van der Waals surface area contributed by atoms with Gasteiger partial charge in [-0.1, -0.05) is 36.5 Å². The molecule has 0 aliphatic heterocycles.